The summed E-state index contributed by atoms with van der Waals surface area (Å²) in [6.07, 6.45) is 9.47. The fourth-order valence-electron chi connectivity index (χ4n) is 2.29. The molecule has 6 heteroatoms. The zero-order valence-corrected chi connectivity index (χ0v) is 15.1. The Bertz CT molecular complexity index is 285. The molecule has 0 radical (unpaired) electrons. The Morgan fingerprint density at radius 1 is 0.875 bits per heavy atom. The summed E-state index contributed by atoms with van der Waals surface area (Å²) >= 11 is 0. The summed E-state index contributed by atoms with van der Waals surface area (Å²) in [5, 5.41) is 27.0. The van der Waals surface area contributed by atoms with Crippen LogP contribution in [0.15, 0.2) is 0 Å². The number of rotatable bonds is 17. The van der Waals surface area contributed by atoms with Crippen LogP contribution < -0.4 is 0 Å². The summed E-state index contributed by atoms with van der Waals surface area (Å²) in [4.78, 5) is 11.6. The first-order valence-corrected chi connectivity index (χ1v) is 9.31. The third kappa shape index (κ3) is 14.9. The Balaban J connectivity index is 3.50. The first-order valence-electron chi connectivity index (χ1n) is 9.31. The number of unbranched alkanes of at least 4 members (excludes halogenated alkanes) is 8. The van der Waals surface area contributed by atoms with Crippen LogP contribution in [0.1, 0.15) is 71.1 Å². The number of carbonyl (C=O) groups is 1. The van der Waals surface area contributed by atoms with Crippen molar-refractivity contribution >= 4 is 5.97 Å². The van der Waals surface area contributed by atoms with Gasteiger partial charge in [0.25, 0.3) is 0 Å². The van der Waals surface area contributed by atoms with E-state index in [1.165, 1.54) is 38.5 Å². The van der Waals surface area contributed by atoms with E-state index in [1.54, 1.807) is 0 Å². The van der Waals surface area contributed by atoms with Crippen molar-refractivity contribution in [2.45, 2.75) is 83.3 Å². The second kappa shape index (κ2) is 17.1. The predicted molar refractivity (Wildman–Crippen MR) is 92.7 cm³/mol. The van der Waals surface area contributed by atoms with E-state index < -0.39 is 18.8 Å². The van der Waals surface area contributed by atoms with Crippen LogP contribution in [0.3, 0.4) is 0 Å². The summed E-state index contributed by atoms with van der Waals surface area (Å²) < 4.78 is 10.2. The highest BCUT2D eigenvalue weighted by Crippen LogP contribution is 2.10. The van der Waals surface area contributed by atoms with E-state index >= 15 is 0 Å². The van der Waals surface area contributed by atoms with Gasteiger partial charge in [-0.1, -0.05) is 58.3 Å². The summed E-state index contributed by atoms with van der Waals surface area (Å²) in [5.41, 5.74) is 0. The third-order valence-corrected chi connectivity index (χ3v) is 3.85. The van der Waals surface area contributed by atoms with Crippen LogP contribution in [0.4, 0.5) is 0 Å². The molecule has 2 atom stereocenters. The van der Waals surface area contributed by atoms with Gasteiger partial charge in [-0.15, -0.1) is 0 Å². The number of hydrogen-bond acceptors (Lipinski definition) is 6. The molecule has 144 valence electrons. The molecular weight excluding hydrogens is 312 g/mol. The number of ether oxygens (including phenoxy) is 2. The van der Waals surface area contributed by atoms with Gasteiger partial charge in [-0.25, -0.2) is 0 Å². The molecule has 0 spiro atoms. The van der Waals surface area contributed by atoms with E-state index in [1.807, 2.05) is 0 Å². The molecule has 6 nitrogen and oxygen atoms in total. The average Bonchev–Trinajstić information content (AvgIpc) is 2.60. The predicted octanol–water partition coefficient (Wildman–Crippen LogP) is 2.18. The molecule has 24 heavy (non-hydrogen) atoms. The normalized spacial score (nSPS) is 13.7. The van der Waals surface area contributed by atoms with E-state index in [0.717, 1.165) is 19.3 Å². The molecule has 2 unspecified atom stereocenters. The van der Waals surface area contributed by atoms with Crippen molar-refractivity contribution in [3.05, 3.63) is 0 Å². The van der Waals surface area contributed by atoms with Gasteiger partial charge in [-0.3, -0.25) is 4.79 Å². The summed E-state index contributed by atoms with van der Waals surface area (Å²) in [7, 11) is 0. The van der Waals surface area contributed by atoms with Crippen molar-refractivity contribution in [1.29, 1.82) is 0 Å². The van der Waals surface area contributed by atoms with Gasteiger partial charge in [0.15, 0.2) is 0 Å². The third-order valence-electron chi connectivity index (χ3n) is 3.85. The van der Waals surface area contributed by atoms with Crippen molar-refractivity contribution in [3.8, 4) is 0 Å². The van der Waals surface area contributed by atoms with Crippen molar-refractivity contribution in [2.24, 2.45) is 0 Å². The number of aliphatic hydroxyl groups excluding tert-OH is 3. The Morgan fingerprint density at radius 2 is 1.46 bits per heavy atom. The Hall–Kier alpha value is -0.690. The lowest BCUT2D eigenvalue weighted by atomic mass is 10.1. The number of aliphatic hydroxyl groups is 3. The largest absolute Gasteiger partial charge is 0.463 e. The van der Waals surface area contributed by atoms with Crippen LogP contribution in [-0.4, -0.2) is 59.9 Å². The van der Waals surface area contributed by atoms with Gasteiger partial charge in [0.05, 0.1) is 19.8 Å². The lowest BCUT2D eigenvalue weighted by Gasteiger charge is -2.17. The second-order valence-corrected chi connectivity index (χ2v) is 6.24. The first kappa shape index (κ1) is 23.3. The highest BCUT2D eigenvalue weighted by Gasteiger charge is 2.13. The molecule has 0 heterocycles. The second-order valence-electron chi connectivity index (χ2n) is 6.24. The standard InChI is InChI=1S/C18H36O6/c1-2-3-4-5-6-7-8-9-10-11-18(22)24-15-17(13-20)23-14-16(21)12-19/h16-17,19-21H,2-15H2,1H3. The van der Waals surface area contributed by atoms with Gasteiger partial charge in [-0.05, 0) is 6.42 Å². The minimum absolute atomic E-state index is 0.0368. The molecule has 0 amide bonds. The summed E-state index contributed by atoms with van der Waals surface area (Å²) in [5.74, 6) is -0.289. The maximum Gasteiger partial charge on any atom is 0.305 e. The lowest BCUT2D eigenvalue weighted by molar-refractivity contribution is -0.150. The smallest absolute Gasteiger partial charge is 0.305 e. The molecule has 0 aliphatic carbocycles. The van der Waals surface area contributed by atoms with E-state index in [0.29, 0.717) is 6.42 Å². The van der Waals surface area contributed by atoms with Crippen molar-refractivity contribution in [1.82, 2.24) is 0 Å². The number of carbonyl (C=O) groups excluding carboxylic acids is 1. The fourth-order valence-corrected chi connectivity index (χ4v) is 2.29. The van der Waals surface area contributed by atoms with Gasteiger partial charge in [0, 0.05) is 6.42 Å². The molecule has 0 bridgehead atoms. The summed E-state index contributed by atoms with van der Waals surface area (Å²) in [6, 6.07) is 0. The monoisotopic (exact) mass is 348 g/mol. The van der Waals surface area contributed by atoms with Crippen LogP contribution in [0, 0.1) is 0 Å². The minimum atomic E-state index is -0.989. The Kier molecular flexibility index (Phi) is 16.7. The van der Waals surface area contributed by atoms with Gasteiger partial charge in [0.2, 0.25) is 0 Å². The highest BCUT2D eigenvalue weighted by molar-refractivity contribution is 5.69. The minimum Gasteiger partial charge on any atom is -0.463 e. The number of esters is 1. The van der Waals surface area contributed by atoms with Gasteiger partial charge in [-0.2, -0.15) is 0 Å². The maximum absolute atomic E-state index is 11.6. The first-order chi connectivity index (χ1) is 11.6. The molecule has 0 aliphatic rings. The van der Waals surface area contributed by atoms with Crippen LogP contribution in [0.25, 0.3) is 0 Å². The van der Waals surface area contributed by atoms with Crippen LogP contribution >= 0.6 is 0 Å². The average molecular weight is 348 g/mol. The SMILES string of the molecule is CCCCCCCCCCCC(=O)OCC(CO)OCC(O)CO. The molecule has 0 aromatic heterocycles. The van der Waals surface area contributed by atoms with E-state index in [4.69, 9.17) is 24.8 Å². The molecule has 0 rings (SSSR count). The molecule has 0 aromatic carbocycles. The van der Waals surface area contributed by atoms with Crippen LogP contribution in [0.5, 0.6) is 0 Å². The van der Waals surface area contributed by atoms with Crippen LogP contribution in [0.2, 0.25) is 0 Å². The molecule has 0 saturated heterocycles. The van der Waals surface area contributed by atoms with Crippen LogP contribution in [-0.2, 0) is 14.3 Å². The Morgan fingerprint density at radius 3 is 2.00 bits per heavy atom. The topological polar surface area (TPSA) is 96.2 Å². The zero-order valence-electron chi connectivity index (χ0n) is 15.1. The number of hydrogen-bond donors (Lipinski definition) is 3. The quantitative estimate of drug-likeness (QED) is 0.275. The highest BCUT2D eigenvalue weighted by atomic mass is 16.6. The zero-order chi connectivity index (χ0) is 18.0. The van der Waals surface area contributed by atoms with Gasteiger partial charge < -0.3 is 24.8 Å². The maximum atomic E-state index is 11.6. The van der Waals surface area contributed by atoms with Gasteiger partial charge in [0.1, 0.15) is 18.8 Å². The summed E-state index contributed by atoms with van der Waals surface area (Å²) in [6.45, 7) is 1.37. The molecule has 3 N–H and O–H groups in total. The Labute approximate surface area is 146 Å². The van der Waals surface area contributed by atoms with E-state index in [9.17, 15) is 4.79 Å². The van der Waals surface area contributed by atoms with Gasteiger partial charge >= 0.3 is 5.97 Å². The molecule has 0 saturated carbocycles. The van der Waals surface area contributed by atoms with E-state index in [2.05, 4.69) is 6.92 Å². The van der Waals surface area contributed by atoms with E-state index in [-0.39, 0.29) is 25.8 Å². The van der Waals surface area contributed by atoms with Crippen molar-refractivity contribution in [3.63, 3.8) is 0 Å². The van der Waals surface area contributed by atoms with Crippen molar-refractivity contribution < 1.29 is 29.6 Å². The molecular formula is C18H36O6. The fraction of sp³-hybridized carbons (Fsp3) is 0.944. The lowest BCUT2D eigenvalue weighted by Crippen LogP contribution is -2.30. The molecule has 0 fully saturated rings. The van der Waals surface area contributed by atoms with Crippen molar-refractivity contribution in [2.75, 3.05) is 26.4 Å². The molecule has 0 aliphatic heterocycles. The molecule has 0 aromatic rings.